The lowest BCUT2D eigenvalue weighted by Gasteiger charge is -2.19. The lowest BCUT2D eigenvalue weighted by atomic mass is 10.2. The molecule has 0 spiro atoms. The fraction of sp³-hybridized carbons (Fsp3) is 0.550. The van der Waals surface area contributed by atoms with Crippen LogP contribution in [-0.2, 0) is 28.9 Å². The van der Waals surface area contributed by atoms with E-state index in [1.807, 2.05) is 6.92 Å². The van der Waals surface area contributed by atoms with Crippen molar-refractivity contribution in [2.45, 2.75) is 37.2 Å². The first-order valence-corrected chi connectivity index (χ1v) is 12.0. The van der Waals surface area contributed by atoms with Gasteiger partial charge in [0.1, 0.15) is 12.4 Å². The number of hydrogen-bond donors (Lipinski definition) is 2. The Morgan fingerprint density at radius 2 is 1.91 bits per heavy atom. The number of nitrogens with one attached hydrogen (secondary N) is 2. The van der Waals surface area contributed by atoms with Crippen molar-refractivity contribution in [3.63, 3.8) is 0 Å². The molecule has 0 fully saturated rings. The second kappa shape index (κ2) is 15.6. The summed E-state index contributed by atoms with van der Waals surface area (Å²) >= 11 is 0. The molecule has 0 saturated heterocycles. The number of carbonyl (C=O) groups is 3. The van der Waals surface area contributed by atoms with Crippen LogP contribution in [0.15, 0.2) is 34.3 Å². The number of ether oxygens (including phenoxy) is 2. The fourth-order valence-corrected chi connectivity index (χ4v) is 4.03. The molecule has 0 aliphatic heterocycles. The molecule has 1 unspecified atom stereocenters. The first-order valence-electron chi connectivity index (χ1n) is 10.3. The highest BCUT2D eigenvalue weighted by Crippen LogP contribution is 2.15. The van der Waals surface area contributed by atoms with Crippen LogP contribution < -0.4 is 10.6 Å². The standard InChI is InChI=1S/C20H29N5O7S/c1-16-3-5-18(6-4-16)33(29,30)15-17(32-20(28)23-9-2-12-26)7-10-22-19(27)8-13-31-14-11-24-25-21/h3-6,12,17H,2,7-11,13-15H2,1H3,(H,22,27)(H,23,28). The summed E-state index contributed by atoms with van der Waals surface area (Å²) < 4.78 is 35.9. The summed E-state index contributed by atoms with van der Waals surface area (Å²) in [6.45, 7) is 2.47. The quantitative estimate of drug-likeness (QED) is 0.118. The van der Waals surface area contributed by atoms with Gasteiger partial charge in [-0.15, -0.1) is 0 Å². The van der Waals surface area contributed by atoms with Crippen LogP contribution in [0.25, 0.3) is 10.4 Å². The normalized spacial score (nSPS) is 11.7. The number of aryl methyl sites for hydroxylation is 1. The van der Waals surface area contributed by atoms with Gasteiger partial charge >= 0.3 is 6.09 Å². The van der Waals surface area contributed by atoms with Crippen molar-refractivity contribution in [3.05, 3.63) is 40.3 Å². The molecule has 1 atom stereocenters. The molecular weight excluding hydrogens is 454 g/mol. The SMILES string of the molecule is Cc1ccc(S(=O)(=O)CC(CCNC(=O)CCOCCN=[N+]=[N-])OC(=O)NCCC=O)cc1. The molecule has 1 rings (SSSR count). The van der Waals surface area contributed by atoms with Crippen LogP contribution in [0.4, 0.5) is 4.79 Å². The third-order valence-corrected chi connectivity index (χ3v) is 6.05. The number of sulfone groups is 1. The number of azide groups is 1. The Bertz CT molecular complexity index is 915. The van der Waals surface area contributed by atoms with Crippen LogP contribution in [0, 0.1) is 6.92 Å². The maximum absolute atomic E-state index is 12.8. The van der Waals surface area contributed by atoms with Crippen LogP contribution in [0.3, 0.4) is 0 Å². The van der Waals surface area contributed by atoms with Crippen LogP contribution in [-0.4, -0.2) is 71.4 Å². The predicted octanol–water partition coefficient (Wildman–Crippen LogP) is 1.68. The summed E-state index contributed by atoms with van der Waals surface area (Å²) in [7, 11) is -3.75. The molecule has 0 saturated carbocycles. The Morgan fingerprint density at radius 1 is 1.18 bits per heavy atom. The fourth-order valence-electron chi connectivity index (χ4n) is 2.57. The zero-order chi connectivity index (χ0) is 24.5. The number of amides is 2. The number of nitrogens with zero attached hydrogens (tertiary/aromatic N) is 3. The third kappa shape index (κ3) is 12.5. The topological polar surface area (TPSA) is 177 Å². The molecule has 33 heavy (non-hydrogen) atoms. The van der Waals surface area contributed by atoms with Gasteiger partial charge in [-0.25, -0.2) is 13.2 Å². The van der Waals surface area contributed by atoms with Crippen LogP contribution in [0.5, 0.6) is 0 Å². The predicted molar refractivity (Wildman–Crippen MR) is 119 cm³/mol. The van der Waals surface area contributed by atoms with E-state index in [1.165, 1.54) is 12.1 Å². The van der Waals surface area contributed by atoms with E-state index in [9.17, 15) is 22.8 Å². The number of hydrogen-bond acceptors (Lipinski definition) is 8. The smallest absolute Gasteiger partial charge is 0.407 e. The molecule has 1 aromatic rings. The Labute approximate surface area is 192 Å². The third-order valence-electron chi connectivity index (χ3n) is 4.25. The lowest BCUT2D eigenvalue weighted by Crippen LogP contribution is -2.36. The first-order chi connectivity index (χ1) is 15.8. The maximum atomic E-state index is 12.8. The summed E-state index contributed by atoms with van der Waals surface area (Å²) in [5.41, 5.74) is 9.06. The number of carbonyl (C=O) groups excluding carboxylic acids is 3. The van der Waals surface area contributed by atoms with Crippen molar-refractivity contribution in [3.8, 4) is 0 Å². The second-order valence-corrected chi connectivity index (χ2v) is 8.99. The van der Waals surface area contributed by atoms with Gasteiger partial charge in [0, 0.05) is 43.8 Å². The lowest BCUT2D eigenvalue weighted by molar-refractivity contribution is -0.122. The van der Waals surface area contributed by atoms with Gasteiger partial charge in [-0.1, -0.05) is 22.8 Å². The number of rotatable bonds is 16. The number of benzene rings is 1. The van der Waals surface area contributed by atoms with Crippen molar-refractivity contribution in [1.29, 1.82) is 0 Å². The monoisotopic (exact) mass is 483 g/mol. The van der Waals surface area contributed by atoms with E-state index in [2.05, 4.69) is 20.7 Å². The molecule has 2 N–H and O–H groups in total. The Morgan fingerprint density at radius 3 is 2.58 bits per heavy atom. The summed E-state index contributed by atoms with van der Waals surface area (Å²) in [6, 6.07) is 6.30. The maximum Gasteiger partial charge on any atom is 0.407 e. The minimum Gasteiger partial charge on any atom is -0.445 e. The van der Waals surface area contributed by atoms with Gasteiger partial charge < -0.3 is 24.9 Å². The molecule has 0 heterocycles. The Kier molecular flexibility index (Phi) is 13.2. The van der Waals surface area contributed by atoms with Gasteiger partial charge in [0.15, 0.2) is 9.84 Å². The summed E-state index contributed by atoms with van der Waals surface area (Å²) in [5.74, 6) is -0.787. The van der Waals surface area contributed by atoms with Crippen LogP contribution in [0.1, 0.15) is 24.8 Å². The zero-order valence-electron chi connectivity index (χ0n) is 18.4. The van der Waals surface area contributed by atoms with E-state index in [-0.39, 0.29) is 62.9 Å². The largest absolute Gasteiger partial charge is 0.445 e. The molecule has 12 nitrogen and oxygen atoms in total. The van der Waals surface area contributed by atoms with E-state index >= 15 is 0 Å². The number of aldehydes is 1. The van der Waals surface area contributed by atoms with Crippen molar-refractivity contribution >= 4 is 28.1 Å². The first kappa shape index (κ1) is 27.9. The summed E-state index contributed by atoms with van der Waals surface area (Å²) in [4.78, 5) is 36.9. The van der Waals surface area contributed by atoms with Crippen molar-refractivity contribution in [2.24, 2.45) is 5.11 Å². The highest BCUT2D eigenvalue weighted by atomic mass is 32.2. The molecule has 1 aromatic carbocycles. The van der Waals surface area contributed by atoms with Gasteiger partial charge in [-0.3, -0.25) is 4.79 Å². The molecule has 0 radical (unpaired) electrons. The molecule has 0 aromatic heterocycles. The van der Waals surface area contributed by atoms with Crippen LogP contribution >= 0.6 is 0 Å². The second-order valence-electron chi connectivity index (χ2n) is 6.96. The van der Waals surface area contributed by atoms with Gasteiger partial charge in [0.05, 0.1) is 23.9 Å². The molecular formula is C20H29N5O7S. The van der Waals surface area contributed by atoms with Gasteiger partial charge in [0.25, 0.3) is 0 Å². The highest BCUT2D eigenvalue weighted by Gasteiger charge is 2.24. The average Bonchev–Trinajstić information content (AvgIpc) is 2.76. The summed E-state index contributed by atoms with van der Waals surface area (Å²) in [6.07, 6.45) is -1.00. The molecule has 0 aliphatic rings. The Hall–Kier alpha value is -3.15. The minimum atomic E-state index is -3.75. The molecule has 13 heteroatoms. The van der Waals surface area contributed by atoms with E-state index < -0.39 is 27.8 Å². The van der Waals surface area contributed by atoms with Crippen molar-refractivity contribution < 1.29 is 32.3 Å². The molecule has 0 bridgehead atoms. The Balaban J connectivity index is 2.62. The minimum absolute atomic E-state index is 0.0651. The average molecular weight is 484 g/mol. The van der Waals surface area contributed by atoms with Gasteiger partial charge in [-0.2, -0.15) is 0 Å². The van der Waals surface area contributed by atoms with Crippen molar-refractivity contribution in [2.75, 3.05) is 38.6 Å². The van der Waals surface area contributed by atoms with E-state index in [0.29, 0.717) is 6.29 Å². The van der Waals surface area contributed by atoms with Crippen LogP contribution in [0.2, 0.25) is 0 Å². The zero-order valence-corrected chi connectivity index (χ0v) is 19.3. The van der Waals surface area contributed by atoms with E-state index in [4.69, 9.17) is 15.0 Å². The van der Waals surface area contributed by atoms with E-state index in [0.717, 1.165) is 5.56 Å². The number of alkyl carbamates (subject to hydrolysis) is 1. The van der Waals surface area contributed by atoms with E-state index in [1.54, 1.807) is 12.1 Å². The highest BCUT2D eigenvalue weighted by molar-refractivity contribution is 7.91. The van der Waals surface area contributed by atoms with Crippen molar-refractivity contribution in [1.82, 2.24) is 10.6 Å². The van der Waals surface area contributed by atoms with Gasteiger partial charge in [-0.05, 0) is 24.6 Å². The molecule has 182 valence electrons. The molecule has 2 amide bonds. The molecule has 0 aliphatic carbocycles. The van der Waals surface area contributed by atoms with Gasteiger partial charge in [0.2, 0.25) is 5.91 Å². The summed E-state index contributed by atoms with van der Waals surface area (Å²) in [5, 5.41) is 8.30.